The van der Waals surface area contributed by atoms with Crippen LogP contribution in [0.1, 0.15) is 25.3 Å². The Bertz CT molecular complexity index is 1140. The molecule has 11 nitrogen and oxygen atoms in total. The molecule has 2 aliphatic heterocycles. The van der Waals surface area contributed by atoms with Gasteiger partial charge >= 0.3 is 5.97 Å². The molecule has 0 radical (unpaired) electrons. The van der Waals surface area contributed by atoms with Crippen LogP contribution in [0.25, 0.3) is 0 Å². The fourth-order valence-corrected chi connectivity index (χ4v) is 6.18. The van der Waals surface area contributed by atoms with Gasteiger partial charge in [-0.2, -0.15) is 0 Å². The van der Waals surface area contributed by atoms with Gasteiger partial charge in [0.05, 0.1) is 6.42 Å². The molecule has 2 amide bonds. The average Bonchev–Trinajstić information content (AvgIpc) is 3.27. The first-order chi connectivity index (χ1) is 16.4. The molecule has 3 heterocycles. The van der Waals surface area contributed by atoms with E-state index in [0.717, 1.165) is 12.8 Å². The van der Waals surface area contributed by atoms with E-state index < -0.39 is 23.3 Å². The number of tetrazole rings is 1. The van der Waals surface area contributed by atoms with Crippen molar-refractivity contribution in [2.24, 2.45) is 0 Å². The highest BCUT2D eigenvalue weighted by atomic mass is 32.2. The molecule has 0 aliphatic carbocycles. The minimum Gasteiger partial charge on any atom is -0.477 e. The number of hydrogen-bond acceptors (Lipinski definition) is 9. The first-order valence-corrected chi connectivity index (χ1v) is 12.9. The van der Waals surface area contributed by atoms with Crippen molar-refractivity contribution in [2.75, 3.05) is 17.2 Å². The van der Waals surface area contributed by atoms with E-state index >= 15 is 0 Å². The number of aliphatic carboxylic acids is 1. The number of nitrogen functional groups attached to an aromatic ring is 1. The lowest BCUT2D eigenvalue weighted by Crippen LogP contribution is -2.70. The molecule has 2 aromatic rings. The zero-order valence-corrected chi connectivity index (χ0v) is 20.1. The lowest BCUT2D eigenvalue weighted by molar-refractivity contribution is -0.150. The van der Waals surface area contributed by atoms with Crippen molar-refractivity contribution >= 4 is 47.0 Å². The standard InChI is InChI=1S/C21H25N7O4S2/c1-2-3-8-27-21(24-25-26-27)34-11-13-10-33-19-16(18(30)28(19)17(13)20(31)32)23-15(29)9-12-6-4-5-7-14(12)22/h4-7,16,19H,2-3,8-11,22H2,1H3,(H,23,29)(H,31,32)/t16?,19-/m1/s1. The number of benzene rings is 1. The number of rotatable bonds is 10. The minimum atomic E-state index is -1.17. The molecule has 4 rings (SSSR count). The molecule has 1 unspecified atom stereocenters. The van der Waals surface area contributed by atoms with E-state index in [-0.39, 0.29) is 18.0 Å². The Balaban J connectivity index is 1.42. The summed E-state index contributed by atoms with van der Waals surface area (Å²) in [6.45, 7) is 2.77. The van der Waals surface area contributed by atoms with Crippen molar-refractivity contribution in [3.05, 3.63) is 41.1 Å². The molecule has 0 saturated carbocycles. The molecule has 34 heavy (non-hydrogen) atoms. The Morgan fingerprint density at radius 1 is 1.35 bits per heavy atom. The summed E-state index contributed by atoms with van der Waals surface area (Å²) < 4.78 is 1.70. The number of nitrogens with two attached hydrogens (primary N) is 1. The number of unbranched alkanes of at least 4 members (excludes halogenated alkanes) is 1. The molecule has 1 saturated heterocycles. The fraction of sp³-hybridized carbons (Fsp3) is 0.429. The number of nitrogens with one attached hydrogen (secondary N) is 1. The van der Waals surface area contributed by atoms with Crippen molar-refractivity contribution in [3.8, 4) is 0 Å². The van der Waals surface area contributed by atoms with Crippen LogP contribution in [0.4, 0.5) is 5.69 Å². The maximum absolute atomic E-state index is 12.8. The Labute approximate surface area is 204 Å². The highest BCUT2D eigenvalue weighted by Gasteiger charge is 2.54. The van der Waals surface area contributed by atoms with Gasteiger partial charge in [0, 0.05) is 23.7 Å². The SMILES string of the molecule is CCCCn1nnnc1SCC1=C(C(=O)O)N2C(=O)C(NC(=O)Cc3ccccc3N)[C@H]2SC1. The van der Waals surface area contributed by atoms with Gasteiger partial charge in [-0.05, 0) is 34.1 Å². The van der Waals surface area contributed by atoms with E-state index in [9.17, 15) is 19.5 Å². The zero-order chi connectivity index (χ0) is 24.2. The molecular formula is C21H25N7O4S2. The molecule has 0 spiro atoms. The number of β-lactam (4-membered cyclic amide) rings is 1. The van der Waals surface area contributed by atoms with Gasteiger partial charge in [0.25, 0.3) is 5.91 Å². The number of carboxylic acids is 1. The second-order valence-corrected chi connectivity index (χ2v) is 9.96. The van der Waals surface area contributed by atoms with Gasteiger partial charge in [-0.25, -0.2) is 9.48 Å². The summed E-state index contributed by atoms with van der Waals surface area (Å²) in [7, 11) is 0. The molecule has 4 N–H and O–H groups in total. The summed E-state index contributed by atoms with van der Waals surface area (Å²) in [5.74, 6) is -1.15. The summed E-state index contributed by atoms with van der Waals surface area (Å²) in [6, 6.07) is 6.27. The first-order valence-electron chi connectivity index (χ1n) is 10.8. The smallest absolute Gasteiger partial charge is 0.352 e. The van der Waals surface area contributed by atoms with E-state index in [1.807, 2.05) is 0 Å². The number of thioether (sulfide) groups is 2. The van der Waals surface area contributed by atoms with Crippen LogP contribution >= 0.6 is 23.5 Å². The highest BCUT2D eigenvalue weighted by molar-refractivity contribution is 8.01. The number of carboxylic acid groups (broad SMARTS) is 1. The maximum atomic E-state index is 12.8. The van der Waals surface area contributed by atoms with E-state index in [0.29, 0.717) is 40.0 Å². The largest absolute Gasteiger partial charge is 0.477 e. The van der Waals surface area contributed by atoms with Gasteiger partial charge in [-0.15, -0.1) is 16.9 Å². The van der Waals surface area contributed by atoms with Gasteiger partial charge < -0.3 is 16.2 Å². The number of carbonyl (C=O) groups is 3. The molecule has 2 atom stereocenters. The van der Waals surface area contributed by atoms with E-state index in [1.165, 1.54) is 28.4 Å². The third-order valence-corrected chi connectivity index (χ3v) is 7.95. The van der Waals surface area contributed by atoms with E-state index in [4.69, 9.17) is 5.73 Å². The maximum Gasteiger partial charge on any atom is 0.352 e. The number of nitrogens with zero attached hydrogens (tertiary/aromatic N) is 5. The molecule has 1 fully saturated rings. The Morgan fingerprint density at radius 3 is 2.88 bits per heavy atom. The number of fused-ring (bicyclic) bond motifs is 1. The number of hydrogen-bond donors (Lipinski definition) is 3. The second-order valence-electron chi connectivity index (χ2n) is 7.91. The fourth-order valence-electron chi connectivity index (χ4n) is 3.79. The normalized spacial score (nSPS) is 19.6. The molecule has 0 bridgehead atoms. The number of aromatic nitrogens is 4. The molecule has 180 valence electrons. The van der Waals surface area contributed by atoms with Gasteiger partial charge in [-0.1, -0.05) is 43.3 Å². The molecule has 1 aromatic carbocycles. The van der Waals surface area contributed by atoms with Crippen LogP contribution < -0.4 is 11.1 Å². The highest BCUT2D eigenvalue weighted by Crippen LogP contribution is 2.41. The predicted octanol–water partition coefficient (Wildman–Crippen LogP) is 1.13. The third-order valence-electron chi connectivity index (χ3n) is 5.57. The Kier molecular flexibility index (Phi) is 7.41. The molecular weight excluding hydrogens is 478 g/mol. The van der Waals surface area contributed by atoms with Crippen LogP contribution in [0.15, 0.2) is 40.7 Å². The second kappa shape index (κ2) is 10.5. The van der Waals surface area contributed by atoms with Crippen LogP contribution in [-0.4, -0.2) is 70.9 Å². The lowest BCUT2D eigenvalue weighted by Gasteiger charge is -2.49. The molecule has 1 aromatic heterocycles. The Morgan fingerprint density at radius 2 is 2.15 bits per heavy atom. The van der Waals surface area contributed by atoms with Crippen molar-refractivity contribution < 1.29 is 19.5 Å². The number of carbonyl (C=O) groups excluding carboxylic acids is 2. The van der Waals surface area contributed by atoms with Crippen LogP contribution in [0.3, 0.4) is 0 Å². The summed E-state index contributed by atoms with van der Waals surface area (Å²) in [6.07, 6.45) is 1.99. The summed E-state index contributed by atoms with van der Waals surface area (Å²) in [5, 5.41) is 24.5. The lowest BCUT2D eigenvalue weighted by atomic mass is 10.0. The van der Waals surface area contributed by atoms with Crippen molar-refractivity contribution in [1.82, 2.24) is 30.4 Å². The van der Waals surface area contributed by atoms with E-state index in [2.05, 4.69) is 27.8 Å². The van der Waals surface area contributed by atoms with Gasteiger partial charge in [0.15, 0.2) is 0 Å². The van der Waals surface area contributed by atoms with Gasteiger partial charge in [0.1, 0.15) is 17.1 Å². The van der Waals surface area contributed by atoms with Gasteiger partial charge in [0.2, 0.25) is 11.1 Å². The van der Waals surface area contributed by atoms with Crippen LogP contribution in [-0.2, 0) is 27.3 Å². The van der Waals surface area contributed by atoms with Crippen molar-refractivity contribution in [2.45, 2.75) is 49.3 Å². The third kappa shape index (κ3) is 4.89. The summed E-state index contributed by atoms with van der Waals surface area (Å²) >= 11 is 2.78. The number of para-hydroxylation sites is 1. The number of anilines is 1. The topological polar surface area (TPSA) is 156 Å². The zero-order valence-electron chi connectivity index (χ0n) is 18.5. The van der Waals surface area contributed by atoms with E-state index in [1.54, 1.807) is 28.9 Å². The van der Waals surface area contributed by atoms with Gasteiger partial charge in [-0.3, -0.25) is 14.5 Å². The quantitative estimate of drug-likeness (QED) is 0.244. The van der Waals surface area contributed by atoms with Crippen LogP contribution in [0, 0.1) is 0 Å². The summed E-state index contributed by atoms with van der Waals surface area (Å²) in [5.41, 5.74) is 7.68. The van der Waals surface area contributed by atoms with Crippen molar-refractivity contribution in [3.63, 3.8) is 0 Å². The predicted molar refractivity (Wildman–Crippen MR) is 128 cm³/mol. The number of amides is 2. The molecule has 13 heteroatoms. The summed E-state index contributed by atoms with van der Waals surface area (Å²) in [4.78, 5) is 38.7. The average molecular weight is 504 g/mol. The first kappa shape index (κ1) is 24.1. The van der Waals surface area contributed by atoms with Crippen LogP contribution in [0.5, 0.6) is 0 Å². The number of aryl methyl sites for hydroxylation is 1. The van der Waals surface area contributed by atoms with Crippen LogP contribution in [0.2, 0.25) is 0 Å². The monoisotopic (exact) mass is 503 g/mol. The minimum absolute atomic E-state index is 0.0216. The Hall–Kier alpha value is -3.06. The van der Waals surface area contributed by atoms with Crippen molar-refractivity contribution in [1.29, 1.82) is 0 Å². The molecule has 2 aliphatic rings.